The number of benzene rings is 1. The molecule has 0 aliphatic heterocycles. The molecule has 0 radical (unpaired) electrons. The molecule has 1 atom stereocenters. The summed E-state index contributed by atoms with van der Waals surface area (Å²) in [6.07, 6.45) is 4.18. The van der Waals surface area contributed by atoms with Gasteiger partial charge < -0.3 is 0 Å². The molecule has 0 fully saturated rings. The Morgan fingerprint density at radius 2 is 2.00 bits per heavy atom. The van der Waals surface area contributed by atoms with Crippen molar-refractivity contribution in [1.82, 2.24) is 29.5 Å². The van der Waals surface area contributed by atoms with E-state index < -0.39 is 0 Å². The van der Waals surface area contributed by atoms with Crippen molar-refractivity contribution in [1.29, 1.82) is 0 Å². The molecular weight excluding hydrogens is 400 g/mol. The van der Waals surface area contributed by atoms with E-state index in [0.717, 1.165) is 16.8 Å². The van der Waals surface area contributed by atoms with Crippen molar-refractivity contribution in [3.63, 3.8) is 0 Å². The van der Waals surface area contributed by atoms with Gasteiger partial charge in [0, 0.05) is 12.1 Å². The van der Waals surface area contributed by atoms with Crippen LogP contribution in [0.5, 0.6) is 0 Å². The number of H-pyrrole nitrogens is 1. The second-order valence-electron chi connectivity index (χ2n) is 7.17. The quantitative estimate of drug-likeness (QED) is 0.461. The first-order valence-electron chi connectivity index (χ1n) is 9.66. The van der Waals surface area contributed by atoms with Gasteiger partial charge in [-0.3, -0.25) is 9.89 Å². The first-order chi connectivity index (χ1) is 14.5. The number of nitrogens with zero attached hydrogens (tertiary/aromatic N) is 5. The third-order valence-corrected chi connectivity index (χ3v) is 6.34. The summed E-state index contributed by atoms with van der Waals surface area (Å²) in [5.74, 6) is 0.00921. The lowest BCUT2D eigenvalue weighted by atomic mass is 10.1. The molecule has 0 saturated heterocycles. The van der Waals surface area contributed by atoms with Crippen LogP contribution in [0.25, 0.3) is 5.13 Å². The highest BCUT2D eigenvalue weighted by Crippen LogP contribution is 2.23. The fourth-order valence-corrected chi connectivity index (χ4v) is 4.32. The zero-order chi connectivity index (χ0) is 21.3. The molecule has 9 heteroatoms. The van der Waals surface area contributed by atoms with Gasteiger partial charge in [0.05, 0.1) is 22.8 Å². The SMILES string of the molecule is Cc1nc(-n2cnn(C(C)c3ccccc3)c2=O)sc1C(=O)CCc1cn[nH]c1C. The van der Waals surface area contributed by atoms with Crippen molar-refractivity contribution in [3.05, 3.63) is 80.7 Å². The maximum absolute atomic E-state index is 12.9. The molecule has 0 amide bonds. The van der Waals surface area contributed by atoms with Gasteiger partial charge in [-0.2, -0.15) is 10.2 Å². The highest BCUT2D eigenvalue weighted by molar-refractivity contribution is 7.16. The number of aromatic nitrogens is 6. The van der Waals surface area contributed by atoms with E-state index in [1.807, 2.05) is 44.2 Å². The van der Waals surface area contributed by atoms with Crippen LogP contribution in [0.2, 0.25) is 0 Å². The number of thiazole rings is 1. The zero-order valence-corrected chi connectivity index (χ0v) is 17.8. The lowest BCUT2D eigenvalue weighted by Crippen LogP contribution is -2.26. The molecule has 1 N–H and O–H groups in total. The summed E-state index contributed by atoms with van der Waals surface area (Å²) >= 11 is 1.22. The van der Waals surface area contributed by atoms with Crippen LogP contribution in [-0.4, -0.2) is 35.3 Å². The van der Waals surface area contributed by atoms with Crippen molar-refractivity contribution >= 4 is 17.1 Å². The maximum Gasteiger partial charge on any atom is 0.352 e. The summed E-state index contributed by atoms with van der Waals surface area (Å²) in [7, 11) is 0. The van der Waals surface area contributed by atoms with E-state index in [1.54, 1.807) is 13.1 Å². The predicted octanol–water partition coefficient (Wildman–Crippen LogP) is 3.26. The smallest absolute Gasteiger partial charge is 0.293 e. The third-order valence-electron chi connectivity index (χ3n) is 5.14. The van der Waals surface area contributed by atoms with Crippen LogP contribution in [-0.2, 0) is 6.42 Å². The summed E-state index contributed by atoms with van der Waals surface area (Å²) in [5, 5.41) is 11.6. The molecule has 0 aliphatic rings. The van der Waals surface area contributed by atoms with Crippen LogP contribution < -0.4 is 5.69 Å². The fourth-order valence-electron chi connectivity index (χ4n) is 3.32. The summed E-state index contributed by atoms with van der Waals surface area (Å²) in [5.41, 5.74) is 3.33. The number of hydrogen-bond acceptors (Lipinski definition) is 6. The number of Topliss-reactive ketones (excluding diaryl/α,β-unsaturated/α-hetero) is 1. The van der Waals surface area contributed by atoms with Crippen LogP contribution in [0.3, 0.4) is 0 Å². The third kappa shape index (κ3) is 3.76. The van der Waals surface area contributed by atoms with Crippen LogP contribution in [0, 0.1) is 13.8 Å². The molecule has 0 spiro atoms. The van der Waals surface area contributed by atoms with Crippen LogP contribution in [0.1, 0.15) is 51.6 Å². The molecule has 3 heterocycles. The number of aryl methyl sites for hydroxylation is 3. The zero-order valence-electron chi connectivity index (χ0n) is 17.0. The Balaban J connectivity index is 1.56. The second-order valence-corrected chi connectivity index (χ2v) is 8.15. The Hall–Kier alpha value is -3.33. The Labute approximate surface area is 177 Å². The number of ketones is 1. The van der Waals surface area contributed by atoms with Gasteiger partial charge in [-0.15, -0.1) is 0 Å². The van der Waals surface area contributed by atoms with Crippen molar-refractivity contribution in [2.24, 2.45) is 0 Å². The Morgan fingerprint density at radius 1 is 1.23 bits per heavy atom. The highest BCUT2D eigenvalue weighted by atomic mass is 32.1. The molecule has 1 aromatic carbocycles. The minimum atomic E-state index is -0.284. The van der Waals surface area contributed by atoms with Gasteiger partial charge in [0.1, 0.15) is 6.33 Å². The van der Waals surface area contributed by atoms with E-state index in [0.29, 0.717) is 28.5 Å². The summed E-state index contributed by atoms with van der Waals surface area (Å²) in [6.45, 7) is 5.65. The Morgan fingerprint density at radius 3 is 2.70 bits per heavy atom. The molecule has 8 nitrogen and oxygen atoms in total. The van der Waals surface area contributed by atoms with E-state index in [4.69, 9.17) is 0 Å². The van der Waals surface area contributed by atoms with Gasteiger partial charge in [0.2, 0.25) is 0 Å². The van der Waals surface area contributed by atoms with E-state index in [9.17, 15) is 9.59 Å². The highest BCUT2D eigenvalue weighted by Gasteiger charge is 2.20. The monoisotopic (exact) mass is 422 g/mol. The first kappa shape index (κ1) is 20.0. The van der Waals surface area contributed by atoms with Gasteiger partial charge in [0.25, 0.3) is 0 Å². The van der Waals surface area contributed by atoms with E-state index in [1.165, 1.54) is 26.9 Å². The Kier molecular flexibility index (Phi) is 5.45. The second kappa shape index (κ2) is 8.19. The number of rotatable bonds is 7. The van der Waals surface area contributed by atoms with E-state index in [-0.39, 0.29) is 17.5 Å². The largest absolute Gasteiger partial charge is 0.352 e. The average Bonchev–Trinajstić information content (AvgIpc) is 3.44. The van der Waals surface area contributed by atoms with Crippen LogP contribution in [0.15, 0.2) is 47.7 Å². The minimum Gasteiger partial charge on any atom is -0.293 e. The van der Waals surface area contributed by atoms with Gasteiger partial charge >= 0.3 is 5.69 Å². The first-order valence-corrected chi connectivity index (χ1v) is 10.5. The van der Waals surface area contributed by atoms with Gasteiger partial charge in [-0.1, -0.05) is 41.7 Å². The standard InChI is InChI=1S/C21H22N6O2S/c1-13-17(11-22-25-13)9-10-18(28)19-14(2)24-20(30-19)26-12-23-27(21(26)29)15(3)16-7-5-4-6-8-16/h4-8,11-12,15H,9-10H2,1-3H3,(H,22,25). The summed E-state index contributed by atoms with van der Waals surface area (Å²) in [4.78, 5) is 30.7. The van der Waals surface area contributed by atoms with E-state index >= 15 is 0 Å². The van der Waals surface area contributed by atoms with Gasteiger partial charge in [-0.05, 0) is 38.3 Å². The molecule has 4 aromatic rings. The summed E-state index contributed by atoms with van der Waals surface area (Å²) in [6, 6.07) is 9.51. The molecule has 3 aromatic heterocycles. The maximum atomic E-state index is 12.9. The molecule has 0 saturated carbocycles. The minimum absolute atomic E-state index is 0.00921. The molecule has 1 unspecified atom stereocenters. The molecule has 0 aliphatic carbocycles. The summed E-state index contributed by atoms with van der Waals surface area (Å²) < 4.78 is 2.82. The Bertz CT molecular complexity index is 1230. The molecular formula is C21H22N6O2S. The molecule has 0 bridgehead atoms. The van der Waals surface area contributed by atoms with Crippen molar-refractivity contribution in [3.8, 4) is 5.13 Å². The normalized spacial score (nSPS) is 12.2. The average molecular weight is 423 g/mol. The van der Waals surface area contributed by atoms with Crippen molar-refractivity contribution in [2.75, 3.05) is 0 Å². The number of carbonyl (C=O) groups is 1. The van der Waals surface area contributed by atoms with Crippen LogP contribution >= 0.6 is 11.3 Å². The predicted molar refractivity (Wildman–Crippen MR) is 114 cm³/mol. The number of nitrogens with one attached hydrogen (secondary N) is 1. The number of hydrogen-bond donors (Lipinski definition) is 1. The lowest BCUT2D eigenvalue weighted by molar-refractivity contribution is 0.0986. The van der Waals surface area contributed by atoms with Crippen molar-refractivity contribution in [2.45, 2.75) is 39.7 Å². The van der Waals surface area contributed by atoms with Gasteiger partial charge in [-0.25, -0.2) is 19.0 Å². The van der Waals surface area contributed by atoms with Crippen molar-refractivity contribution < 1.29 is 4.79 Å². The lowest BCUT2D eigenvalue weighted by Gasteiger charge is -2.10. The topological polar surface area (TPSA) is 98.5 Å². The molecule has 30 heavy (non-hydrogen) atoms. The van der Waals surface area contributed by atoms with Crippen LogP contribution in [0.4, 0.5) is 0 Å². The number of carbonyl (C=O) groups excluding carboxylic acids is 1. The fraction of sp³-hybridized carbons (Fsp3) is 0.286. The van der Waals surface area contributed by atoms with E-state index in [2.05, 4.69) is 20.3 Å². The molecule has 154 valence electrons. The van der Waals surface area contributed by atoms with Gasteiger partial charge in [0.15, 0.2) is 10.9 Å². The molecule has 4 rings (SSSR count). The number of aromatic amines is 1.